The van der Waals surface area contributed by atoms with Crippen LogP contribution in [0.25, 0.3) is 0 Å². The molecule has 0 spiro atoms. The summed E-state index contributed by atoms with van der Waals surface area (Å²) in [7, 11) is 0. The molecule has 0 saturated heterocycles. The normalized spacial score (nSPS) is 12.1. The van der Waals surface area contributed by atoms with E-state index in [-0.39, 0.29) is 11.2 Å². The van der Waals surface area contributed by atoms with Crippen molar-refractivity contribution in [3.63, 3.8) is 0 Å². The molecule has 1 aromatic heterocycles. The minimum atomic E-state index is -0.206. The van der Waals surface area contributed by atoms with Crippen molar-refractivity contribution in [2.45, 2.75) is 21.4 Å². The summed E-state index contributed by atoms with van der Waals surface area (Å²) in [5.41, 5.74) is 2.51. The Morgan fingerprint density at radius 2 is 2.21 bits per heavy atom. The molecule has 1 heterocycles. The minimum absolute atomic E-state index is 0.0262. The molecule has 1 N–H and O–H groups in total. The van der Waals surface area contributed by atoms with E-state index in [2.05, 4.69) is 15.5 Å². The van der Waals surface area contributed by atoms with Gasteiger partial charge < -0.3 is 5.32 Å². The summed E-state index contributed by atoms with van der Waals surface area (Å²) in [4.78, 5) is 13.2. The van der Waals surface area contributed by atoms with Crippen molar-refractivity contribution in [1.29, 1.82) is 0 Å². The van der Waals surface area contributed by atoms with Gasteiger partial charge in [-0.25, -0.2) is 0 Å². The Morgan fingerprint density at radius 1 is 1.42 bits per heavy atom. The molecule has 2 rings (SSSR count). The van der Waals surface area contributed by atoms with E-state index in [4.69, 9.17) is 0 Å². The molecule has 1 atom stereocenters. The maximum absolute atomic E-state index is 12.1. The highest BCUT2D eigenvalue weighted by Crippen LogP contribution is 2.28. The van der Waals surface area contributed by atoms with Gasteiger partial charge in [-0.1, -0.05) is 35.2 Å². The van der Waals surface area contributed by atoms with Crippen LogP contribution in [0.15, 0.2) is 39.0 Å². The Hall–Kier alpha value is -1.05. The van der Waals surface area contributed by atoms with Gasteiger partial charge in [-0.15, -0.1) is 22.0 Å². The summed E-state index contributed by atoms with van der Waals surface area (Å²) in [6.07, 6.45) is 1.99. The van der Waals surface area contributed by atoms with Crippen molar-refractivity contribution in [2.24, 2.45) is 0 Å². The summed E-state index contributed by atoms with van der Waals surface area (Å²) in [6, 6.07) is 7.77. The van der Waals surface area contributed by atoms with E-state index in [1.807, 2.05) is 37.4 Å². The van der Waals surface area contributed by atoms with E-state index >= 15 is 0 Å². The number of hydrogen-bond donors (Lipinski definition) is 1. The number of carbonyl (C=O) groups excluding carboxylic acids is 1. The molecule has 0 aliphatic rings. The SMILES string of the molecule is CSc1ccccc1NC(=O)C(C)Sc1nncs1. The number of anilines is 1. The minimum Gasteiger partial charge on any atom is -0.324 e. The fraction of sp³-hybridized carbons (Fsp3) is 0.250. The lowest BCUT2D eigenvalue weighted by molar-refractivity contribution is -0.115. The van der Waals surface area contributed by atoms with Gasteiger partial charge >= 0.3 is 0 Å². The molecule has 1 unspecified atom stereocenters. The molecule has 1 amide bonds. The molecule has 0 aliphatic heterocycles. The second kappa shape index (κ2) is 6.93. The number of benzene rings is 1. The Kier molecular flexibility index (Phi) is 5.24. The van der Waals surface area contributed by atoms with Crippen molar-refractivity contribution in [2.75, 3.05) is 11.6 Å². The number of aromatic nitrogens is 2. The van der Waals surface area contributed by atoms with E-state index in [1.54, 1.807) is 17.3 Å². The number of para-hydroxylation sites is 1. The average Bonchev–Trinajstić information content (AvgIpc) is 2.92. The highest BCUT2D eigenvalue weighted by Gasteiger charge is 2.17. The van der Waals surface area contributed by atoms with Gasteiger partial charge in [0.15, 0.2) is 4.34 Å². The predicted octanol–water partition coefficient (Wildman–Crippen LogP) is 3.38. The summed E-state index contributed by atoms with van der Waals surface area (Å²) in [5, 5.41) is 10.4. The maximum atomic E-state index is 12.1. The molecule has 0 saturated carbocycles. The molecular formula is C12H13N3OS3. The lowest BCUT2D eigenvalue weighted by Gasteiger charge is -2.12. The number of nitrogens with one attached hydrogen (secondary N) is 1. The largest absolute Gasteiger partial charge is 0.324 e. The monoisotopic (exact) mass is 311 g/mol. The van der Waals surface area contributed by atoms with Crippen LogP contribution in [0.1, 0.15) is 6.92 Å². The van der Waals surface area contributed by atoms with Gasteiger partial charge in [0.2, 0.25) is 5.91 Å². The molecule has 4 nitrogen and oxygen atoms in total. The zero-order valence-corrected chi connectivity index (χ0v) is 12.9. The van der Waals surface area contributed by atoms with Gasteiger partial charge in [0.1, 0.15) is 5.51 Å². The van der Waals surface area contributed by atoms with Crippen LogP contribution in [0.2, 0.25) is 0 Å². The van der Waals surface area contributed by atoms with E-state index in [0.29, 0.717) is 0 Å². The molecule has 7 heteroatoms. The Labute approximate surface area is 124 Å². The molecule has 1 aromatic carbocycles. The lowest BCUT2D eigenvalue weighted by Crippen LogP contribution is -2.22. The first-order valence-electron chi connectivity index (χ1n) is 5.57. The van der Waals surface area contributed by atoms with Crippen molar-refractivity contribution in [3.05, 3.63) is 29.8 Å². The number of carbonyl (C=O) groups is 1. The molecule has 0 bridgehead atoms. The van der Waals surface area contributed by atoms with E-state index < -0.39 is 0 Å². The van der Waals surface area contributed by atoms with Crippen LogP contribution < -0.4 is 5.32 Å². The van der Waals surface area contributed by atoms with Gasteiger partial charge in [-0.3, -0.25) is 4.79 Å². The third-order valence-corrected chi connectivity index (χ3v) is 5.06. The summed E-state index contributed by atoms with van der Waals surface area (Å²) >= 11 is 4.47. The fourth-order valence-electron chi connectivity index (χ4n) is 1.40. The van der Waals surface area contributed by atoms with Crippen LogP contribution in [0.5, 0.6) is 0 Å². The lowest BCUT2D eigenvalue weighted by atomic mass is 10.3. The number of hydrogen-bond acceptors (Lipinski definition) is 6. The van der Waals surface area contributed by atoms with Crippen LogP contribution in [0, 0.1) is 0 Å². The number of rotatable bonds is 5. The van der Waals surface area contributed by atoms with Crippen molar-refractivity contribution >= 4 is 46.5 Å². The highest BCUT2D eigenvalue weighted by molar-refractivity contribution is 8.02. The standard InChI is InChI=1S/C12H13N3OS3/c1-8(19-12-15-13-7-18-12)11(16)14-9-5-3-4-6-10(9)17-2/h3-8H,1-2H3,(H,14,16). The molecule has 0 fully saturated rings. The van der Waals surface area contributed by atoms with Crippen molar-refractivity contribution in [1.82, 2.24) is 10.2 Å². The zero-order valence-electron chi connectivity index (χ0n) is 10.5. The fourth-order valence-corrected chi connectivity index (χ4v) is 3.58. The van der Waals surface area contributed by atoms with Crippen LogP contribution >= 0.6 is 34.9 Å². The Morgan fingerprint density at radius 3 is 2.89 bits per heavy atom. The van der Waals surface area contributed by atoms with Gasteiger partial charge in [0.05, 0.1) is 10.9 Å². The third kappa shape index (κ3) is 3.95. The quantitative estimate of drug-likeness (QED) is 0.858. The van der Waals surface area contributed by atoms with Crippen molar-refractivity contribution < 1.29 is 4.79 Å². The summed E-state index contributed by atoms with van der Waals surface area (Å²) in [5.74, 6) is -0.0262. The maximum Gasteiger partial charge on any atom is 0.237 e. The Balaban J connectivity index is 2.00. The molecule has 100 valence electrons. The highest BCUT2D eigenvalue weighted by atomic mass is 32.2. The van der Waals surface area contributed by atoms with Crippen LogP contribution in [0.4, 0.5) is 5.69 Å². The van der Waals surface area contributed by atoms with Crippen LogP contribution in [-0.4, -0.2) is 27.6 Å². The molecule has 0 aliphatic carbocycles. The number of thioether (sulfide) groups is 2. The summed E-state index contributed by atoms with van der Waals surface area (Å²) < 4.78 is 0.806. The van der Waals surface area contributed by atoms with E-state index in [9.17, 15) is 4.79 Å². The second-order valence-corrected chi connectivity index (χ2v) is 6.92. The topological polar surface area (TPSA) is 54.9 Å². The number of amides is 1. The van der Waals surface area contributed by atoms with Crippen LogP contribution in [-0.2, 0) is 4.79 Å². The van der Waals surface area contributed by atoms with Gasteiger partial charge in [0, 0.05) is 4.90 Å². The summed E-state index contributed by atoms with van der Waals surface area (Å²) in [6.45, 7) is 1.86. The number of nitrogens with zero attached hydrogens (tertiary/aromatic N) is 2. The molecule has 2 aromatic rings. The van der Waals surface area contributed by atoms with E-state index in [1.165, 1.54) is 23.1 Å². The second-order valence-electron chi connectivity index (χ2n) is 3.65. The van der Waals surface area contributed by atoms with Gasteiger partial charge in [-0.05, 0) is 25.3 Å². The van der Waals surface area contributed by atoms with Crippen molar-refractivity contribution in [3.8, 4) is 0 Å². The van der Waals surface area contributed by atoms with Gasteiger partial charge in [0.25, 0.3) is 0 Å². The molecule has 19 heavy (non-hydrogen) atoms. The van der Waals surface area contributed by atoms with Gasteiger partial charge in [-0.2, -0.15) is 0 Å². The first-order chi connectivity index (χ1) is 9.20. The third-order valence-electron chi connectivity index (χ3n) is 2.35. The van der Waals surface area contributed by atoms with E-state index in [0.717, 1.165) is 14.9 Å². The molecule has 0 radical (unpaired) electrons. The zero-order chi connectivity index (χ0) is 13.7. The Bertz CT molecular complexity index is 545. The first kappa shape index (κ1) is 14.4. The first-order valence-corrected chi connectivity index (χ1v) is 8.56. The van der Waals surface area contributed by atoms with Crippen LogP contribution in [0.3, 0.4) is 0 Å². The smallest absolute Gasteiger partial charge is 0.237 e. The average molecular weight is 311 g/mol. The molecular weight excluding hydrogens is 298 g/mol. The predicted molar refractivity (Wildman–Crippen MR) is 82.1 cm³/mol.